The van der Waals surface area contributed by atoms with Gasteiger partial charge in [-0.2, -0.15) is 0 Å². The minimum absolute atomic E-state index is 0.0165. The molecule has 2 fully saturated rings. The monoisotopic (exact) mass is 317 g/mol. The number of carbonyl (C=O) groups is 2. The SMILES string of the molecule is COc1cccc(N2CC(NC(=O)C(C)C3CNC3)CC2=O)c1. The van der Waals surface area contributed by atoms with Crippen molar-refractivity contribution < 1.29 is 14.3 Å². The summed E-state index contributed by atoms with van der Waals surface area (Å²) in [7, 11) is 1.60. The second-order valence-corrected chi connectivity index (χ2v) is 6.32. The third-order valence-electron chi connectivity index (χ3n) is 4.77. The molecule has 1 aromatic carbocycles. The van der Waals surface area contributed by atoms with Crippen LogP contribution in [0, 0.1) is 11.8 Å². The van der Waals surface area contributed by atoms with Crippen LogP contribution >= 0.6 is 0 Å². The first kappa shape index (κ1) is 15.8. The van der Waals surface area contributed by atoms with Crippen molar-refractivity contribution in [2.45, 2.75) is 19.4 Å². The Morgan fingerprint density at radius 3 is 2.87 bits per heavy atom. The van der Waals surface area contributed by atoms with E-state index >= 15 is 0 Å². The summed E-state index contributed by atoms with van der Waals surface area (Å²) < 4.78 is 5.20. The van der Waals surface area contributed by atoms with Crippen molar-refractivity contribution in [2.24, 2.45) is 11.8 Å². The molecule has 2 unspecified atom stereocenters. The van der Waals surface area contributed by atoms with E-state index < -0.39 is 0 Å². The van der Waals surface area contributed by atoms with E-state index in [-0.39, 0.29) is 23.8 Å². The molecule has 0 saturated carbocycles. The zero-order valence-corrected chi connectivity index (χ0v) is 13.5. The normalized spacial score (nSPS) is 22.6. The zero-order valence-electron chi connectivity index (χ0n) is 13.5. The highest BCUT2D eigenvalue weighted by atomic mass is 16.5. The third-order valence-corrected chi connectivity index (χ3v) is 4.77. The number of ether oxygens (including phenoxy) is 1. The van der Waals surface area contributed by atoms with Gasteiger partial charge in [0.1, 0.15) is 5.75 Å². The van der Waals surface area contributed by atoms with Crippen LogP contribution in [0.4, 0.5) is 5.69 Å². The molecule has 6 heteroatoms. The lowest BCUT2D eigenvalue weighted by molar-refractivity contribution is -0.127. The second-order valence-electron chi connectivity index (χ2n) is 6.32. The highest BCUT2D eigenvalue weighted by molar-refractivity contribution is 5.97. The van der Waals surface area contributed by atoms with Gasteiger partial charge in [-0.3, -0.25) is 9.59 Å². The van der Waals surface area contributed by atoms with Gasteiger partial charge in [0.25, 0.3) is 0 Å². The molecule has 2 saturated heterocycles. The quantitative estimate of drug-likeness (QED) is 0.842. The Labute approximate surface area is 136 Å². The number of amides is 2. The second kappa shape index (κ2) is 6.58. The number of hydrogen-bond acceptors (Lipinski definition) is 4. The van der Waals surface area contributed by atoms with Crippen molar-refractivity contribution in [3.63, 3.8) is 0 Å². The molecule has 0 bridgehead atoms. The Hall–Kier alpha value is -2.08. The predicted molar refractivity (Wildman–Crippen MR) is 87.4 cm³/mol. The van der Waals surface area contributed by atoms with E-state index in [1.165, 1.54) is 0 Å². The Morgan fingerprint density at radius 1 is 1.43 bits per heavy atom. The van der Waals surface area contributed by atoms with Crippen LogP contribution in [-0.2, 0) is 9.59 Å². The number of methoxy groups -OCH3 is 1. The number of anilines is 1. The van der Waals surface area contributed by atoms with Gasteiger partial charge in [-0.25, -0.2) is 0 Å². The third kappa shape index (κ3) is 3.32. The van der Waals surface area contributed by atoms with Crippen LogP contribution in [0.1, 0.15) is 13.3 Å². The van der Waals surface area contributed by atoms with E-state index in [4.69, 9.17) is 4.74 Å². The standard InChI is InChI=1S/C17H23N3O3/c1-11(12-8-18-9-12)17(22)19-13-6-16(21)20(10-13)14-4-3-5-15(7-14)23-2/h3-5,7,11-13,18H,6,8-10H2,1-2H3,(H,19,22). The Balaban J connectivity index is 1.61. The minimum Gasteiger partial charge on any atom is -0.497 e. The molecule has 3 rings (SSSR count). The summed E-state index contributed by atoms with van der Waals surface area (Å²) in [6, 6.07) is 7.30. The van der Waals surface area contributed by atoms with Gasteiger partial charge in [0, 0.05) is 30.6 Å². The molecule has 1 aromatic rings. The topological polar surface area (TPSA) is 70.7 Å². The first-order chi connectivity index (χ1) is 11.1. The van der Waals surface area contributed by atoms with Gasteiger partial charge in [-0.1, -0.05) is 13.0 Å². The van der Waals surface area contributed by atoms with Crippen LogP contribution in [0.2, 0.25) is 0 Å². The molecule has 2 heterocycles. The molecule has 2 atom stereocenters. The molecule has 23 heavy (non-hydrogen) atoms. The summed E-state index contributed by atoms with van der Waals surface area (Å²) in [6.07, 6.45) is 0.346. The zero-order chi connectivity index (χ0) is 16.4. The van der Waals surface area contributed by atoms with Gasteiger partial charge in [0.05, 0.1) is 13.2 Å². The smallest absolute Gasteiger partial charge is 0.229 e. The van der Waals surface area contributed by atoms with Gasteiger partial charge in [0.2, 0.25) is 11.8 Å². The van der Waals surface area contributed by atoms with E-state index in [2.05, 4.69) is 10.6 Å². The van der Waals surface area contributed by atoms with Gasteiger partial charge in [0.15, 0.2) is 0 Å². The number of rotatable bonds is 5. The van der Waals surface area contributed by atoms with Crippen LogP contribution in [0.3, 0.4) is 0 Å². The molecule has 2 aliphatic rings. The number of benzene rings is 1. The largest absolute Gasteiger partial charge is 0.497 e. The van der Waals surface area contributed by atoms with Crippen LogP contribution in [0.25, 0.3) is 0 Å². The molecular formula is C17H23N3O3. The van der Waals surface area contributed by atoms with Crippen molar-refractivity contribution in [1.29, 1.82) is 0 Å². The molecule has 0 radical (unpaired) electrons. The van der Waals surface area contributed by atoms with Crippen LogP contribution in [-0.4, -0.2) is 44.6 Å². The first-order valence-corrected chi connectivity index (χ1v) is 8.04. The fourth-order valence-corrected chi connectivity index (χ4v) is 3.04. The summed E-state index contributed by atoms with van der Waals surface area (Å²) in [5.41, 5.74) is 0.808. The Kier molecular flexibility index (Phi) is 4.52. The maximum Gasteiger partial charge on any atom is 0.229 e. The summed E-state index contributed by atoms with van der Waals surface area (Å²) >= 11 is 0. The molecule has 0 aliphatic carbocycles. The number of nitrogens with one attached hydrogen (secondary N) is 2. The Bertz CT molecular complexity index is 601. The molecule has 124 valence electrons. The van der Waals surface area contributed by atoms with Crippen molar-refractivity contribution >= 4 is 17.5 Å². The van der Waals surface area contributed by atoms with E-state index in [1.807, 2.05) is 31.2 Å². The van der Waals surface area contributed by atoms with Gasteiger partial charge < -0.3 is 20.3 Å². The minimum atomic E-state index is -0.128. The summed E-state index contributed by atoms with van der Waals surface area (Å²) in [5, 5.41) is 6.21. The van der Waals surface area contributed by atoms with Crippen molar-refractivity contribution in [3.8, 4) is 5.75 Å². The maximum atomic E-state index is 12.3. The highest BCUT2D eigenvalue weighted by Crippen LogP contribution is 2.26. The lowest BCUT2D eigenvalue weighted by Crippen LogP contribution is -2.51. The van der Waals surface area contributed by atoms with E-state index in [0.29, 0.717) is 24.6 Å². The highest BCUT2D eigenvalue weighted by Gasteiger charge is 2.34. The lowest BCUT2D eigenvalue weighted by atomic mass is 9.88. The average molecular weight is 317 g/mol. The van der Waals surface area contributed by atoms with Crippen molar-refractivity contribution in [1.82, 2.24) is 10.6 Å². The van der Waals surface area contributed by atoms with Crippen LogP contribution < -0.4 is 20.3 Å². The molecule has 0 aromatic heterocycles. The molecule has 2 aliphatic heterocycles. The van der Waals surface area contributed by atoms with Crippen LogP contribution in [0.5, 0.6) is 5.75 Å². The number of hydrogen-bond donors (Lipinski definition) is 2. The van der Waals surface area contributed by atoms with Gasteiger partial charge in [-0.05, 0) is 31.1 Å². The van der Waals surface area contributed by atoms with Gasteiger partial charge in [-0.15, -0.1) is 0 Å². The molecule has 2 amide bonds. The molecule has 6 nitrogen and oxygen atoms in total. The molecule has 0 spiro atoms. The average Bonchev–Trinajstić information content (AvgIpc) is 2.86. The Morgan fingerprint density at radius 2 is 2.22 bits per heavy atom. The summed E-state index contributed by atoms with van der Waals surface area (Å²) in [5.74, 6) is 1.18. The van der Waals surface area contributed by atoms with Crippen LogP contribution in [0.15, 0.2) is 24.3 Å². The molecular weight excluding hydrogens is 294 g/mol. The predicted octanol–water partition coefficient (Wildman–Crippen LogP) is 0.772. The summed E-state index contributed by atoms with van der Waals surface area (Å²) in [4.78, 5) is 26.3. The van der Waals surface area contributed by atoms with E-state index in [0.717, 1.165) is 18.8 Å². The fraction of sp³-hybridized carbons (Fsp3) is 0.529. The fourth-order valence-electron chi connectivity index (χ4n) is 3.04. The van der Waals surface area contributed by atoms with Gasteiger partial charge >= 0.3 is 0 Å². The maximum absolute atomic E-state index is 12.3. The van der Waals surface area contributed by atoms with Crippen molar-refractivity contribution in [2.75, 3.05) is 31.6 Å². The summed E-state index contributed by atoms with van der Waals surface area (Å²) in [6.45, 7) is 4.26. The lowest BCUT2D eigenvalue weighted by Gasteiger charge is -2.32. The van der Waals surface area contributed by atoms with Crippen molar-refractivity contribution in [3.05, 3.63) is 24.3 Å². The van der Waals surface area contributed by atoms with E-state index in [1.54, 1.807) is 12.0 Å². The molecule has 2 N–H and O–H groups in total. The number of carbonyl (C=O) groups excluding carboxylic acids is 2. The number of nitrogens with zero attached hydrogens (tertiary/aromatic N) is 1. The first-order valence-electron chi connectivity index (χ1n) is 8.04. The van der Waals surface area contributed by atoms with E-state index in [9.17, 15) is 9.59 Å².